The predicted molar refractivity (Wildman–Crippen MR) is 62.4 cm³/mol. The number of hydrogen-bond donors (Lipinski definition) is 0. The quantitative estimate of drug-likeness (QED) is 0.703. The minimum atomic E-state index is -0.388. The van der Waals surface area contributed by atoms with Gasteiger partial charge in [0, 0.05) is 39.2 Å². The molecule has 0 bridgehead atoms. The second kappa shape index (κ2) is 5.04. The Labute approximate surface area is 102 Å². The van der Waals surface area contributed by atoms with Crippen LogP contribution in [0.3, 0.4) is 0 Å². The van der Waals surface area contributed by atoms with Crippen LogP contribution in [0.15, 0.2) is 0 Å². The topological polar surface area (TPSA) is 49.9 Å². The molecule has 5 nitrogen and oxygen atoms in total. The summed E-state index contributed by atoms with van der Waals surface area (Å²) in [5, 5.41) is 0. The van der Waals surface area contributed by atoms with Gasteiger partial charge in [-0.25, -0.2) is 0 Å². The number of nitrogens with zero attached hydrogens (tertiary/aromatic N) is 2. The third-order valence-electron chi connectivity index (χ3n) is 3.53. The summed E-state index contributed by atoms with van der Waals surface area (Å²) < 4.78 is 5.02. The summed E-state index contributed by atoms with van der Waals surface area (Å²) in [4.78, 5) is 27.3. The lowest BCUT2D eigenvalue weighted by Gasteiger charge is -2.35. The van der Waals surface area contributed by atoms with Crippen LogP contribution >= 0.6 is 0 Å². The lowest BCUT2D eigenvalue weighted by molar-refractivity contribution is -0.146. The number of carbonyl (C=O) groups is 2. The Bertz CT molecular complexity index is 307. The zero-order chi connectivity index (χ0) is 12.4. The van der Waals surface area contributed by atoms with Crippen molar-refractivity contribution in [2.45, 2.75) is 25.9 Å². The van der Waals surface area contributed by atoms with Crippen LogP contribution in [0.1, 0.15) is 19.8 Å². The van der Waals surface area contributed by atoms with E-state index in [4.69, 9.17) is 4.74 Å². The highest BCUT2D eigenvalue weighted by Crippen LogP contribution is 2.31. The molecule has 0 aromatic carbocycles. The van der Waals surface area contributed by atoms with Gasteiger partial charge in [-0.2, -0.15) is 0 Å². The molecule has 1 heterocycles. The Hall–Kier alpha value is -1.10. The number of piperazine rings is 1. The van der Waals surface area contributed by atoms with Crippen molar-refractivity contribution in [3.63, 3.8) is 0 Å². The number of rotatable bonds is 3. The fourth-order valence-electron chi connectivity index (χ4n) is 2.09. The van der Waals surface area contributed by atoms with Gasteiger partial charge in [0.1, 0.15) is 6.10 Å². The highest BCUT2D eigenvalue weighted by Gasteiger charge is 2.35. The lowest BCUT2D eigenvalue weighted by atomic mass is 10.2. The molecule has 5 heteroatoms. The summed E-state index contributed by atoms with van der Waals surface area (Å²) in [7, 11) is 1.54. The monoisotopic (exact) mass is 240 g/mol. The van der Waals surface area contributed by atoms with Gasteiger partial charge in [-0.3, -0.25) is 9.59 Å². The molecule has 0 aromatic heterocycles. The minimum absolute atomic E-state index is 0.0195. The van der Waals surface area contributed by atoms with Gasteiger partial charge in [0.25, 0.3) is 5.91 Å². The van der Waals surface area contributed by atoms with Crippen LogP contribution in [0, 0.1) is 5.92 Å². The van der Waals surface area contributed by atoms with Crippen LogP contribution in [-0.4, -0.2) is 61.0 Å². The molecule has 2 aliphatic rings. The van der Waals surface area contributed by atoms with E-state index in [0.717, 1.165) is 12.8 Å². The van der Waals surface area contributed by atoms with Gasteiger partial charge in [-0.05, 0) is 19.8 Å². The number of methoxy groups -OCH3 is 1. The molecule has 1 unspecified atom stereocenters. The summed E-state index contributed by atoms with van der Waals surface area (Å²) in [5.74, 6) is 0.568. The van der Waals surface area contributed by atoms with Crippen molar-refractivity contribution < 1.29 is 14.3 Å². The van der Waals surface area contributed by atoms with Crippen molar-refractivity contribution in [2.75, 3.05) is 33.3 Å². The molecule has 1 saturated heterocycles. The molecule has 0 radical (unpaired) electrons. The van der Waals surface area contributed by atoms with Crippen molar-refractivity contribution >= 4 is 11.8 Å². The van der Waals surface area contributed by atoms with Crippen LogP contribution < -0.4 is 0 Å². The zero-order valence-corrected chi connectivity index (χ0v) is 10.5. The maximum absolute atomic E-state index is 11.8. The molecule has 1 saturated carbocycles. The first-order chi connectivity index (χ1) is 8.13. The standard InChI is InChI=1S/C12H20N2O3/c1-9(17-2)11(15)13-5-7-14(8-6-13)12(16)10-3-4-10/h9-10H,3-8H2,1-2H3. The average Bonchev–Trinajstić information content (AvgIpc) is 3.20. The SMILES string of the molecule is COC(C)C(=O)N1CCN(C(=O)C2CC2)CC1. The van der Waals surface area contributed by atoms with Gasteiger partial charge in [0.05, 0.1) is 0 Å². The number of amides is 2. The summed E-state index contributed by atoms with van der Waals surface area (Å²) in [6.07, 6.45) is 1.69. The second-order valence-electron chi connectivity index (χ2n) is 4.80. The third-order valence-corrected chi connectivity index (χ3v) is 3.53. The molecule has 17 heavy (non-hydrogen) atoms. The van der Waals surface area contributed by atoms with E-state index >= 15 is 0 Å². The normalized spacial score (nSPS) is 22.5. The first-order valence-corrected chi connectivity index (χ1v) is 6.24. The van der Waals surface area contributed by atoms with Crippen LogP contribution in [0.2, 0.25) is 0 Å². The van der Waals surface area contributed by atoms with E-state index < -0.39 is 0 Å². The van der Waals surface area contributed by atoms with E-state index in [9.17, 15) is 9.59 Å². The Balaban J connectivity index is 1.81. The first-order valence-electron chi connectivity index (χ1n) is 6.24. The van der Waals surface area contributed by atoms with Crippen molar-refractivity contribution in [1.29, 1.82) is 0 Å². The number of hydrogen-bond acceptors (Lipinski definition) is 3. The lowest BCUT2D eigenvalue weighted by Crippen LogP contribution is -2.53. The fraction of sp³-hybridized carbons (Fsp3) is 0.833. The molecule has 0 spiro atoms. The molecule has 0 N–H and O–H groups in total. The van der Waals surface area contributed by atoms with Crippen LogP contribution in [0.25, 0.3) is 0 Å². The molecule has 96 valence electrons. The fourth-order valence-corrected chi connectivity index (χ4v) is 2.09. The summed E-state index contributed by atoms with van der Waals surface area (Å²) >= 11 is 0. The van der Waals surface area contributed by atoms with Gasteiger partial charge < -0.3 is 14.5 Å². The van der Waals surface area contributed by atoms with E-state index in [1.54, 1.807) is 11.8 Å². The van der Waals surface area contributed by atoms with Crippen molar-refractivity contribution in [3.8, 4) is 0 Å². The Morgan fingerprint density at radius 1 is 1.12 bits per heavy atom. The number of ether oxygens (including phenoxy) is 1. The second-order valence-corrected chi connectivity index (χ2v) is 4.80. The summed E-state index contributed by atoms with van der Waals surface area (Å²) in [5.41, 5.74) is 0. The molecule has 2 fully saturated rings. The Morgan fingerprint density at radius 2 is 1.65 bits per heavy atom. The predicted octanol–water partition coefficient (Wildman–Crippen LogP) is 0.102. The summed E-state index contributed by atoms with van der Waals surface area (Å²) in [6, 6.07) is 0. The third kappa shape index (κ3) is 2.77. The van der Waals surface area contributed by atoms with Gasteiger partial charge in [0.15, 0.2) is 0 Å². The smallest absolute Gasteiger partial charge is 0.251 e. The Kier molecular flexibility index (Phi) is 3.66. The molecule has 0 aromatic rings. The highest BCUT2D eigenvalue weighted by molar-refractivity contribution is 5.82. The highest BCUT2D eigenvalue weighted by atomic mass is 16.5. The zero-order valence-electron chi connectivity index (χ0n) is 10.5. The van der Waals surface area contributed by atoms with Crippen molar-refractivity contribution in [3.05, 3.63) is 0 Å². The Morgan fingerprint density at radius 3 is 2.12 bits per heavy atom. The molecule has 2 rings (SSSR count). The average molecular weight is 240 g/mol. The maximum atomic E-state index is 11.8. The van der Waals surface area contributed by atoms with Crippen LogP contribution in [0.4, 0.5) is 0 Å². The molecular weight excluding hydrogens is 220 g/mol. The van der Waals surface area contributed by atoms with Crippen molar-refractivity contribution in [1.82, 2.24) is 9.80 Å². The van der Waals surface area contributed by atoms with E-state index in [2.05, 4.69) is 0 Å². The van der Waals surface area contributed by atoms with E-state index in [1.807, 2.05) is 4.90 Å². The molecule has 1 aliphatic carbocycles. The van der Waals surface area contributed by atoms with Gasteiger partial charge in [-0.15, -0.1) is 0 Å². The van der Waals surface area contributed by atoms with E-state index in [-0.39, 0.29) is 23.8 Å². The largest absolute Gasteiger partial charge is 0.372 e. The van der Waals surface area contributed by atoms with Crippen LogP contribution in [-0.2, 0) is 14.3 Å². The molecule has 1 atom stereocenters. The van der Waals surface area contributed by atoms with Gasteiger partial charge >= 0.3 is 0 Å². The minimum Gasteiger partial charge on any atom is -0.372 e. The first kappa shape index (κ1) is 12.4. The molecular formula is C12H20N2O3. The van der Waals surface area contributed by atoms with Gasteiger partial charge in [0.2, 0.25) is 5.91 Å². The molecule has 1 aliphatic heterocycles. The van der Waals surface area contributed by atoms with Crippen LogP contribution in [0.5, 0.6) is 0 Å². The van der Waals surface area contributed by atoms with E-state index in [0.29, 0.717) is 26.2 Å². The molecule has 2 amide bonds. The van der Waals surface area contributed by atoms with Crippen molar-refractivity contribution in [2.24, 2.45) is 5.92 Å². The maximum Gasteiger partial charge on any atom is 0.251 e. The summed E-state index contributed by atoms with van der Waals surface area (Å²) in [6.45, 7) is 4.34. The number of carbonyl (C=O) groups excluding carboxylic acids is 2. The van der Waals surface area contributed by atoms with Gasteiger partial charge in [-0.1, -0.05) is 0 Å². The van der Waals surface area contributed by atoms with E-state index in [1.165, 1.54) is 7.11 Å².